The number of hydrogen-bond acceptors (Lipinski definition) is 4. The minimum Gasteiger partial charge on any atom is -0.329 e. The molecule has 3 aliphatic heterocycles. The highest BCUT2D eigenvalue weighted by molar-refractivity contribution is 5.22. The minimum absolute atomic E-state index is 0.0993. The Morgan fingerprint density at radius 1 is 1.20 bits per heavy atom. The summed E-state index contributed by atoms with van der Waals surface area (Å²) in [5.41, 5.74) is 10.1. The third-order valence-corrected chi connectivity index (χ3v) is 7.62. The van der Waals surface area contributed by atoms with Crippen LogP contribution in [0.15, 0.2) is 24.3 Å². The largest absolute Gasteiger partial charge is 0.329 e. The molecular formula is C24H34FN5. The van der Waals surface area contributed by atoms with Crippen molar-refractivity contribution in [2.75, 3.05) is 20.1 Å². The van der Waals surface area contributed by atoms with Crippen molar-refractivity contribution in [1.82, 2.24) is 19.4 Å². The molecule has 30 heavy (non-hydrogen) atoms. The zero-order valence-corrected chi connectivity index (χ0v) is 18.2. The van der Waals surface area contributed by atoms with Gasteiger partial charge in [-0.2, -0.15) is 0 Å². The Morgan fingerprint density at radius 3 is 2.70 bits per heavy atom. The summed E-state index contributed by atoms with van der Waals surface area (Å²) in [5, 5.41) is 0. The van der Waals surface area contributed by atoms with E-state index in [1.807, 2.05) is 6.07 Å². The Balaban J connectivity index is 1.26. The number of aromatic nitrogens is 2. The molecule has 0 saturated carbocycles. The van der Waals surface area contributed by atoms with E-state index in [0.717, 1.165) is 38.0 Å². The summed E-state index contributed by atoms with van der Waals surface area (Å²) in [4.78, 5) is 9.99. The second-order valence-corrected chi connectivity index (χ2v) is 9.61. The Bertz CT molecular complexity index is 895. The van der Waals surface area contributed by atoms with Crippen molar-refractivity contribution in [3.8, 4) is 0 Å². The van der Waals surface area contributed by atoms with Crippen LogP contribution in [-0.4, -0.2) is 51.6 Å². The molecule has 2 aromatic rings. The van der Waals surface area contributed by atoms with Crippen molar-refractivity contribution in [1.29, 1.82) is 0 Å². The van der Waals surface area contributed by atoms with Crippen LogP contribution >= 0.6 is 0 Å². The quantitative estimate of drug-likeness (QED) is 0.817. The van der Waals surface area contributed by atoms with Crippen molar-refractivity contribution < 1.29 is 4.39 Å². The van der Waals surface area contributed by atoms with Crippen LogP contribution in [0.4, 0.5) is 4.39 Å². The van der Waals surface area contributed by atoms with Gasteiger partial charge in [-0.1, -0.05) is 12.1 Å². The fourth-order valence-electron chi connectivity index (χ4n) is 6.17. The van der Waals surface area contributed by atoms with Crippen LogP contribution in [0, 0.1) is 12.7 Å². The second-order valence-electron chi connectivity index (χ2n) is 9.61. The first-order valence-corrected chi connectivity index (χ1v) is 11.5. The van der Waals surface area contributed by atoms with Crippen molar-refractivity contribution in [3.05, 3.63) is 52.9 Å². The summed E-state index contributed by atoms with van der Waals surface area (Å²) in [6.45, 7) is 5.30. The first kappa shape index (κ1) is 20.2. The SMILES string of the molecule is Cc1nc2c(n1C1C[C@H]3CC[C@@H](C1)N3CC[C@H](N)c1cccc(F)c1)CCN(C)C2. The van der Waals surface area contributed by atoms with Crippen LogP contribution in [0.2, 0.25) is 0 Å². The van der Waals surface area contributed by atoms with E-state index in [0.29, 0.717) is 18.1 Å². The van der Waals surface area contributed by atoms with Crippen molar-refractivity contribution in [2.45, 2.75) is 76.2 Å². The molecular weight excluding hydrogens is 377 g/mol. The predicted molar refractivity (Wildman–Crippen MR) is 117 cm³/mol. The number of aryl methyl sites for hydroxylation is 1. The van der Waals surface area contributed by atoms with Gasteiger partial charge in [-0.3, -0.25) is 4.90 Å². The van der Waals surface area contributed by atoms with Gasteiger partial charge in [-0.05, 0) is 63.8 Å². The Morgan fingerprint density at radius 2 is 1.97 bits per heavy atom. The van der Waals surface area contributed by atoms with Crippen LogP contribution in [0.1, 0.15) is 67.0 Å². The average Bonchev–Trinajstić information content (AvgIpc) is 3.16. The highest BCUT2D eigenvalue weighted by atomic mass is 19.1. The number of benzene rings is 1. The lowest BCUT2D eigenvalue weighted by Crippen LogP contribution is -2.45. The van der Waals surface area contributed by atoms with Crippen LogP contribution in [0.3, 0.4) is 0 Å². The Hall–Kier alpha value is -1.76. The summed E-state index contributed by atoms with van der Waals surface area (Å²) in [6, 6.07) is 8.51. The fourth-order valence-corrected chi connectivity index (χ4v) is 6.17. The molecule has 5 nitrogen and oxygen atoms in total. The number of imidazole rings is 1. The summed E-state index contributed by atoms with van der Waals surface area (Å²) >= 11 is 0. The maximum absolute atomic E-state index is 13.5. The van der Waals surface area contributed by atoms with E-state index < -0.39 is 0 Å². The summed E-state index contributed by atoms with van der Waals surface area (Å²) in [6.07, 6.45) is 7.00. The van der Waals surface area contributed by atoms with E-state index in [2.05, 4.69) is 28.3 Å². The van der Waals surface area contributed by atoms with Gasteiger partial charge in [0.2, 0.25) is 0 Å². The fraction of sp³-hybridized carbons (Fsp3) is 0.625. The lowest BCUT2D eigenvalue weighted by Gasteiger charge is -2.41. The molecule has 1 unspecified atom stereocenters. The van der Waals surface area contributed by atoms with Gasteiger partial charge in [-0.15, -0.1) is 0 Å². The molecule has 0 aliphatic carbocycles. The van der Waals surface area contributed by atoms with Gasteiger partial charge in [0, 0.05) is 55.9 Å². The highest BCUT2D eigenvalue weighted by Crippen LogP contribution is 2.42. The molecule has 6 heteroatoms. The van der Waals surface area contributed by atoms with Gasteiger partial charge in [-0.25, -0.2) is 9.37 Å². The van der Waals surface area contributed by atoms with E-state index in [1.165, 1.54) is 49.0 Å². The van der Waals surface area contributed by atoms with Gasteiger partial charge in [0.1, 0.15) is 11.6 Å². The number of likely N-dealkylation sites (N-methyl/N-ethyl adjacent to an activating group) is 1. The molecule has 0 spiro atoms. The predicted octanol–water partition coefficient (Wildman–Crippen LogP) is 3.58. The summed E-state index contributed by atoms with van der Waals surface area (Å²) < 4.78 is 16.1. The van der Waals surface area contributed by atoms with E-state index in [1.54, 1.807) is 12.1 Å². The zero-order chi connectivity index (χ0) is 20.8. The topological polar surface area (TPSA) is 50.3 Å². The number of nitrogens with two attached hydrogens (primary N) is 1. The van der Waals surface area contributed by atoms with Crippen LogP contribution in [0.5, 0.6) is 0 Å². The van der Waals surface area contributed by atoms with E-state index in [-0.39, 0.29) is 11.9 Å². The standard InChI is InChI=1S/C24H34FN5/c1-16-27-23-15-28(2)10-9-24(23)30(16)21-13-19-6-7-20(14-21)29(19)11-8-22(26)17-4-3-5-18(25)12-17/h3-5,12,19-22H,6-11,13-15,26H2,1-2H3/t19-,20+,21?,22-/m0/s1. The monoisotopic (exact) mass is 411 g/mol. The molecule has 1 aromatic heterocycles. The molecule has 0 amide bonds. The Kier molecular flexibility index (Phi) is 5.42. The molecule has 162 valence electrons. The summed E-state index contributed by atoms with van der Waals surface area (Å²) in [5.74, 6) is 0.996. The number of halogens is 1. The van der Waals surface area contributed by atoms with Crippen LogP contribution < -0.4 is 5.73 Å². The second kappa shape index (κ2) is 8.06. The maximum Gasteiger partial charge on any atom is 0.123 e. The smallest absolute Gasteiger partial charge is 0.123 e. The molecule has 2 N–H and O–H groups in total. The van der Waals surface area contributed by atoms with Gasteiger partial charge in [0.05, 0.1) is 5.69 Å². The maximum atomic E-state index is 13.5. The third-order valence-electron chi connectivity index (χ3n) is 7.62. The zero-order valence-electron chi connectivity index (χ0n) is 18.2. The van der Waals surface area contributed by atoms with Gasteiger partial charge < -0.3 is 15.2 Å². The first-order chi connectivity index (χ1) is 14.5. The lowest BCUT2D eigenvalue weighted by atomic mass is 9.95. The first-order valence-electron chi connectivity index (χ1n) is 11.5. The van der Waals surface area contributed by atoms with Crippen LogP contribution in [-0.2, 0) is 13.0 Å². The van der Waals surface area contributed by atoms with E-state index in [4.69, 9.17) is 10.7 Å². The molecule has 4 atom stereocenters. The molecule has 2 saturated heterocycles. The number of rotatable bonds is 5. The summed E-state index contributed by atoms with van der Waals surface area (Å²) in [7, 11) is 2.19. The minimum atomic E-state index is -0.200. The number of fused-ring (bicyclic) bond motifs is 3. The van der Waals surface area contributed by atoms with Gasteiger partial charge >= 0.3 is 0 Å². The Labute approximate surface area is 179 Å². The molecule has 4 heterocycles. The van der Waals surface area contributed by atoms with Crippen molar-refractivity contribution in [2.24, 2.45) is 5.73 Å². The molecule has 1 aromatic carbocycles. The van der Waals surface area contributed by atoms with Crippen LogP contribution in [0.25, 0.3) is 0 Å². The normalized spacial score (nSPS) is 27.9. The number of hydrogen-bond donors (Lipinski definition) is 1. The molecule has 2 fully saturated rings. The highest BCUT2D eigenvalue weighted by Gasteiger charge is 2.42. The van der Waals surface area contributed by atoms with Crippen molar-refractivity contribution in [3.63, 3.8) is 0 Å². The molecule has 0 radical (unpaired) electrons. The van der Waals surface area contributed by atoms with Gasteiger partial charge in [0.15, 0.2) is 0 Å². The van der Waals surface area contributed by atoms with E-state index >= 15 is 0 Å². The lowest BCUT2D eigenvalue weighted by molar-refractivity contribution is 0.101. The molecule has 2 bridgehead atoms. The van der Waals surface area contributed by atoms with Gasteiger partial charge in [0.25, 0.3) is 0 Å². The molecule has 3 aliphatic rings. The number of piperidine rings is 1. The molecule has 5 rings (SSSR count). The third kappa shape index (κ3) is 3.70. The van der Waals surface area contributed by atoms with Crippen molar-refractivity contribution >= 4 is 0 Å². The average molecular weight is 412 g/mol. The van der Waals surface area contributed by atoms with E-state index in [9.17, 15) is 4.39 Å². The number of nitrogens with zero attached hydrogens (tertiary/aromatic N) is 4.